The van der Waals surface area contributed by atoms with Crippen molar-refractivity contribution in [3.05, 3.63) is 90.0 Å². The predicted molar refractivity (Wildman–Crippen MR) is 286 cm³/mol. The molecule has 3 aromatic rings. The van der Waals surface area contributed by atoms with Gasteiger partial charge < -0.3 is 51.8 Å². The van der Waals surface area contributed by atoms with Crippen molar-refractivity contribution in [2.45, 2.75) is 91.9 Å². The Kier molecular flexibility index (Phi) is 25.5. The summed E-state index contributed by atoms with van der Waals surface area (Å²) in [7, 11) is 4.23. The Morgan fingerprint density at radius 1 is 0.605 bits per heavy atom. The Balaban J connectivity index is 2.05. The van der Waals surface area contributed by atoms with Crippen molar-refractivity contribution < 1.29 is 47.9 Å². The van der Waals surface area contributed by atoms with Crippen molar-refractivity contribution in [1.29, 1.82) is 5.26 Å². The highest BCUT2D eigenvalue weighted by Crippen LogP contribution is 2.23. The van der Waals surface area contributed by atoms with Crippen LogP contribution in [0.2, 0.25) is 0 Å². The van der Waals surface area contributed by atoms with Gasteiger partial charge in [0, 0.05) is 70.5 Å². The average molecular weight is 1050 g/mol. The van der Waals surface area contributed by atoms with Crippen LogP contribution in [0.3, 0.4) is 0 Å². The van der Waals surface area contributed by atoms with E-state index in [9.17, 15) is 48.4 Å². The first-order valence-electron chi connectivity index (χ1n) is 25.1. The summed E-state index contributed by atoms with van der Waals surface area (Å²) < 4.78 is 5.35. The number of nitrogens with one attached hydrogen (secondary N) is 9. The highest BCUT2D eigenvalue weighted by molar-refractivity contribution is 6.00. The van der Waals surface area contributed by atoms with Gasteiger partial charge in [0.05, 0.1) is 25.2 Å². The van der Waals surface area contributed by atoms with Crippen LogP contribution < -0.4 is 57.7 Å². The highest BCUT2D eigenvalue weighted by Gasteiger charge is 2.32. The van der Waals surface area contributed by atoms with Gasteiger partial charge in [-0.1, -0.05) is 90.1 Å². The molecule has 0 aliphatic carbocycles. The van der Waals surface area contributed by atoms with Gasteiger partial charge in [-0.05, 0) is 61.1 Å². The maximum absolute atomic E-state index is 14.7. The fourth-order valence-electron chi connectivity index (χ4n) is 7.51. The largest absolute Gasteiger partial charge is 0.496 e. The summed E-state index contributed by atoms with van der Waals surface area (Å²) in [6.45, 7) is 11.0. The lowest BCUT2D eigenvalue weighted by Gasteiger charge is -2.33. The highest BCUT2D eigenvalue weighted by atomic mass is 16.5. The lowest BCUT2D eigenvalue weighted by atomic mass is 10.0. The van der Waals surface area contributed by atoms with Gasteiger partial charge >= 0.3 is 18.1 Å². The Labute approximate surface area is 444 Å². The fourth-order valence-corrected chi connectivity index (χ4v) is 7.51. The number of nitriles is 1. The number of methoxy groups -OCH3 is 1. The molecule has 9 N–H and O–H groups in total. The van der Waals surface area contributed by atoms with Crippen LogP contribution in [0.5, 0.6) is 5.75 Å². The zero-order chi connectivity index (χ0) is 56.5. The van der Waals surface area contributed by atoms with Gasteiger partial charge in [0.25, 0.3) is 5.91 Å². The number of likely N-dealkylation sites (N-methyl/N-ethyl adjacent to an activating group) is 2. The third-order valence-corrected chi connectivity index (χ3v) is 11.8. The van der Waals surface area contributed by atoms with Crippen LogP contribution >= 0.6 is 0 Å². The van der Waals surface area contributed by atoms with E-state index >= 15 is 0 Å². The van der Waals surface area contributed by atoms with Crippen molar-refractivity contribution in [1.82, 2.24) is 52.6 Å². The molecule has 0 aliphatic rings. The van der Waals surface area contributed by atoms with Crippen LogP contribution in [0, 0.1) is 29.1 Å². The summed E-state index contributed by atoms with van der Waals surface area (Å²) in [5, 5.41) is 28.5. The molecule has 0 radical (unpaired) electrons. The molecule has 0 saturated carbocycles. The van der Waals surface area contributed by atoms with Crippen LogP contribution in [0.15, 0.2) is 78.9 Å². The quantitative estimate of drug-likeness (QED) is 0.0526. The monoisotopic (exact) mass is 1050 g/mol. The Morgan fingerprint density at radius 3 is 1.78 bits per heavy atom. The second-order valence-electron chi connectivity index (χ2n) is 18.8. The number of rotatable bonds is 26. The first-order valence-corrected chi connectivity index (χ1v) is 25.1. The number of hydrazine groups is 1. The van der Waals surface area contributed by atoms with E-state index in [-0.39, 0.29) is 68.5 Å². The van der Waals surface area contributed by atoms with Gasteiger partial charge in [-0.25, -0.2) is 14.4 Å². The van der Waals surface area contributed by atoms with Crippen molar-refractivity contribution in [2.75, 3.05) is 64.1 Å². The van der Waals surface area contributed by atoms with Crippen molar-refractivity contribution in [2.24, 2.45) is 17.8 Å². The first kappa shape index (κ1) is 61.9. The SMILES string of the molecule is CNC(=O)[C@H](C)NC(=O)[C@@H](NC(=O)N(CCN(CCC#N)C(=O)Nc1ccc(OC)c(C(=O)NNC(=O)C(C)C)c1)CCN(C(=O)N[C@@H](Cc1ccccc1)C(=O)N[C@@H](CC(C)C)C(=O)NC)c1ccccc1)C(C)C. The molecule has 3 aromatic carbocycles. The van der Waals surface area contributed by atoms with Crippen molar-refractivity contribution in [3.8, 4) is 11.8 Å². The molecule has 0 bridgehead atoms. The number of hydrogen-bond donors (Lipinski definition) is 9. The van der Waals surface area contributed by atoms with Gasteiger partial charge in [-0.2, -0.15) is 5.26 Å². The van der Waals surface area contributed by atoms with Crippen molar-refractivity contribution in [3.63, 3.8) is 0 Å². The Morgan fingerprint density at radius 2 is 1.21 bits per heavy atom. The number of carbonyl (C=O) groups excluding carboxylic acids is 9. The van der Waals surface area contributed by atoms with Gasteiger partial charge in [-0.3, -0.25) is 44.5 Å². The number of urea groups is 3. The summed E-state index contributed by atoms with van der Waals surface area (Å²) in [6.07, 6.45) is 0.262. The fraction of sp³-hybridized carbons (Fsp3) is 0.472. The number of para-hydroxylation sites is 1. The molecule has 23 heteroatoms. The van der Waals surface area contributed by atoms with Crippen LogP contribution in [-0.4, -0.2) is 141 Å². The minimum absolute atomic E-state index is 0.0255. The standard InChI is InChI=1S/C53H75N13O10/c1-33(2)30-41(48(70)56-9)59-49(71)42(31-37-18-13-11-14-19-37)60-53(75)66(39-20-15-12-16-21-39)29-28-65(52(74)61-44(34(3)4)50(72)57-36(7)46(68)55-8)27-26-64(25-17-24-54)51(73)58-38-22-23-43(76-10)40(32-38)47(69)63-62-45(67)35(5)6/h11-16,18-23,32-36,41-42,44H,17,25-31H2,1-10H3,(H,55,68)(H,56,70)(H,57,72)(H,58,73)(H,59,71)(H,60,75)(H,61,74)(H,62,67)(H,63,69)/t36-,41-,42-,44-/m0/s1. The molecule has 0 heterocycles. The molecule has 0 aliphatic heterocycles. The van der Waals surface area contributed by atoms with E-state index in [4.69, 9.17) is 4.74 Å². The lowest BCUT2D eigenvalue weighted by Crippen LogP contribution is -2.58. The average Bonchev–Trinajstić information content (AvgIpc) is 3.40. The third kappa shape index (κ3) is 19.8. The van der Waals surface area contributed by atoms with Gasteiger partial charge in [0.1, 0.15) is 29.9 Å². The van der Waals surface area contributed by atoms with E-state index in [0.29, 0.717) is 12.1 Å². The second-order valence-corrected chi connectivity index (χ2v) is 18.8. The molecule has 23 nitrogen and oxygen atoms in total. The Bertz CT molecular complexity index is 2490. The summed E-state index contributed by atoms with van der Waals surface area (Å²) in [5.41, 5.74) is 5.89. The van der Waals surface area contributed by atoms with Gasteiger partial charge in [0.2, 0.25) is 29.5 Å². The normalized spacial score (nSPS) is 12.3. The second kappa shape index (κ2) is 31.3. The molecule has 412 valence electrons. The molecule has 4 atom stereocenters. The zero-order valence-corrected chi connectivity index (χ0v) is 45.1. The minimum atomic E-state index is -1.18. The smallest absolute Gasteiger partial charge is 0.322 e. The number of amides is 12. The molecule has 3 rings (SSSR count). The van der Waals surface area contributed by atoms with Crippen LogP contribution in [0.25, 0.3) is 0 Å². The maximum Gasteiger partial charge on any atom is 0.322 e. The molecular weight excluding hydrogens is 979 g/mol. The molecule has 0 unspecified atom stereocenters. The summed E-state index contributed by atoms with van der Waals surface area (Å²) in [6, 6.07) is 17.3. The summed E-state index contributed by atoms with van der Waals surface area (Å²) >= 11 is 0. The molecule has 0 saturated heterocycles. The van der Waals surface area contributed by atoms with Gasteiger partial charge in [-0.15, -0.1) is 0 Å². The van der Waals surface area contributed by atoms with Crippen molar-refractivity contribution >= 4 is 64.9 Å². The number of anilines is 2. The van der Waals surface area contributed by atoms with E-state index in [2.05, 4.69) is 48.1 Å². The molecule has 0 aromatic heterocycles. The topological polar surface area (TPSA) is 305 Å². The predicted octanol–water partition coefficient (Wildman–Crippen LogP) is 3.25. The van der Waals surface area contributed by atoms with E-state index in [0.717, 1.165) is 5.56 Å². The molecular formula is C53H75N13O10. The zero-order valence-electron chi connectivity index (χ0n) is 45.1. The third-order valence-electron chi connectivity index (χ3n) is 11.8. The van der Waals surface area contributed by atoms with Crippen LogP contribution in [0.4, 0.5) is 25.8 Å². The van der Waals surface area contributed by atoms with E-state index in [1.165, 1.54) is 61.0 Å². The number of hydrogen-bond acceptors (Lipinski definition) is 11. The molecule has 0 spiro atoms. The summed E-state index contributed by atoms with van der Waals surface area (Å²) in [4.78, 5) is 126. The molecule has 76 heavy (non-hydrogen) atoms. The number of nitrogens with zero attached hydrogens (tertiary/aromatic N) is 4. The summed E-state index contributed by atoms with van der Waals surface area (Å²) in [5.74, 6) is -4.04. The minimum Gasteiger partial charge on any atom is -0.496 e. The number of benzene rings is 3. The number of carbonyl (C=O) groups is 9. The van der Waals surface area contributed by atoms with Crippen LogP contribution in [-0.2, 0) is 30.4 Å². The van der Waals surface area contributed by atoms with Crippen LogP contribution in [0.1, 0.15) is 77.2 Å². The van der Waals surface area contributed by atoms with Gasteiger partial charge in [0.15, 0.2) is 0 Å². The lowest BCUT2D eigenvalue weighted by molar-refractivity contribution is -0.130. The number of ether oxygens (including phenoxy) is 1. The maximum atomic E-state index is 14.7. The van der Waals surface area contributed by atoms with E-state index in [1.54, 1.807) is 82.3 Å². The van der Waals surface area contributed by atoms with E-state index < -0.39 is 89.5 Å². The Hall–Kier alpha value is -8.42. The molecule has 0 fully saturated rings. The first-order chi connectivity index (χ1) is 36.1. The van der Waals surface area contributed by atoms with E-state index in [1.807, 2.05) is 26.0 Å². The molecule has 12 amide bonds.